The first-order chi connectivity index (χ1) is 8.82. The van der Waals surface area contributed by atoms with Crippen LogP contribution in [0.4, 0.5) is 14.5 Å². The van der Waals surface area contributed by atoms with Crippen molar-refractivity contribution in [3.63, 3.8) is 0 Å². The first-order valence-electron chi connectivity index (χ1n) is 5.60. The average molecular weight is 291 g/mol. The Morgan fingerprint density at radius 1 is 1.42 bits per heavy atom. The third-order valence-electron chi connectivity index (χ3n) is 2.55. The SMILES string of the molecule is CC(CCS(C)=O)Nc1ccc(C(=O)O)c(F)c1F. The predicted molar refractivity (Wildman–Crippen MR) is 70.0 cm³/mol. The first-order valence-corrected chi connectivity index (χ1v) is 7.33. The van der Waals surface area contributed by atoms with Crippen molar-refractivity contribution in [2.45, 2.75) is 19.4 Å². The average Bonchev–Trinajstić information content (AvgIpc) is 2.32. The number of hydrogen-bond acceptors (Lipinski definition) is 3. The molecule has 0 amide bonds. The number of halogens is 2. The molecular formula is C12H15F2NO3S. The molecular weight excluding hydrogens is 276 g/mol. The summed E-state index contributed by atoms with van der Waals surface area (Å²) in [4.78, 5) is 10.6. The number of anilines is 1. The molecule has 19 heavy (non-hydrogen) atoms. The highest BCUT2D eigenvalue weighted by Crippen LogP contribution is 2.21. The maximum Gasteiger partial charge on any atom is 0.338 e. The van der Waals surface area contributed by atoms with Gasteiger partial charge in [0.15, 0.2) is 11.6 Å². The molecule has 0 spiro atoms. The quantitative estimate of drug-likeness (QED) is 0.843. The zero-order valence-corrected chi connectivity index (χ0v) is 11.4. The van der Waals surface area contributed by atoms with Crippen LogP contribution in [0, 0.1) is 11.6 Å². The van der Waals surface area contributed by atoms with Crippen LogP contribution in [0.15, 0.2) is 12.1 Å². The smallest absolute Gasteiger partial charge is 0.338 e. The molecule has 1 rings (SSSR count). The van der Waals surface area contributed by atoms with Crippen molar-refractivity contribution in [1.82, 2.24) is 0 Å². The summed E-state index contributed by atoms with van der Waals surface area (Å²) in [5.41, 5.74) is -0.803. The molecule has 0 heterocycles. The van der Waals surface area contributed by atoms with Crippen LogP contribution in [0.25, 0.3) is 0 Å². The van der Waals surface area contributed by atoms with Crippen LogP contribution in [0.3, 0.4) is 0 Å². The molecule has 106 valence electrons. The van der Waals surface area contributed by atoms with Gasteiger partial charge < -0.3 is 10.4 Å². The lowest BCUT2D eigenvalue weighted by Crippen LogP contribution is -2.19. The second kappa shape index (κ2) is 6.60. The van der Waals surface area contributed by atoms with Crippen LogP contribution < -0.4 is 5.32 Å². The predicted octanol–water partition coefficient (Wildman–Crippen LogP) is 2.23. The van der Waals surface area contributed by atoms with Crippen LogP contribution >= 0.6 is 0 Å². The fourth-order valence-corrected chi connectivity index (χ4v) is 2.19. The fourth-order valence-electron chi connectivity index (χ4n) is 1.51. The molecule has 2 atom stereocenters. The van der Waals surface area contributed by atoms with E-state index in [9.17, 15) is 17.8 Å². The van der Waals surface area contributed by atoms with Crippen LogP contribution in [0.2, 0.25) is 0 Å². The van der Waals surface area contributed by atoms with Gasteiger partial charge in [-0.05, 0) is 25.5 Å². The lowest BCUT2D eigenvalue weighted by molar-refractivity contribution is 0.0690. The number of carbonyl (C=O) groups is 1. The molecule has 0 radical (unpaired) electrons. The van der Waals surface area contributed by atoms with E-state index in [4.69, 9.17) is 5.11 Å². The van der Waals surface area contributed by atoms with E-state index in [0.717, 1.165) is 6.07 Å². The molecule has 4 nitrogen and oxygen atoms in total. The van der Waals surface area contributed by atoms with Crippen LogP contribution in [0.1, 0.15) is 23.7 Å². The van der Waals surface area contributed by atoms with Gasteiger partial charge in [-0.1, -0.05) is 0 Å². The second-order valence-electron chi connectivity index (χ2n) is 4.21. The minimum Gasteiger partial charge on any atom is -0.478 e. The topological polar surface area (TPSA) is 66.4 Å². The Morgan fingerprint density at radius 3 is 2.58 bits per heavy atom. The molecule has 2 N–H and O–H groups in total. The van der Waals surface area contributed by atoms with Crippen molar-refractivity contribution in [2.24, 2.45) is 0 Å². The van der Waals surface area contributed by atoms with E-state index in [1.807, 2.05) is 0 Å². The van der Waals surface area contributed by atoms with Gasteiger partial charge in [-0.2, -0.15) is 0 Å². The first kappa shape index (κ1) is 15.6. The Hall–Kier alpha value is -1.50. The van der Waals surface area contributed by atoms with Gasteiger partial charge in [-0.15, -0.1) is 0 Å². The Kier molecular flexibility index (Phi) is 5.41. The van der Waals surface area contributed by atoms with Crippen molar-refractivity contribution < 1.29 is 22.9 Å². The number of nitrogens with one attached hydrogen (secondary N) is 1. The van der Waals surface area contributed by atoms with E-state index >= 15 is 0 Å². The molecule has 0 saturated carbocycles. The minimum atomic E-state index is -1.52. The summed E-state index contributed by atoms with van der Waals surface area (Å²) in [6.45, 7) is 1.75. The summed E-state index contributed by atoms with van der Waals surface area (Å²) in [6, 6.07) is 1.99. The van der Waals surface area contributed by atoms with Gasteiger partial charge in [0.1, 0.15) is 0 Å². The van der Waals surface area contributed by atoms with Crippen LogP contribution in [-0.4, -0.2) is 33.3 Å². The monoisotopic (exact) mass is 291 g/mol. The molecule has 0 saturated heterocycles. The van der Waals surface area contributed by atoms with E-state index in [0.29, 0.717) is 12.2 Å². The molecule has 1 aromatic rings. The van der Waals surface area contributed by atoms with Crippen molar-refractivity contribution in [3.8, 4) is 0 Å². The molecule has 0 bridgehead atoms. The highest BCUT2D eigenvalue weighted by molar-refractivity contribution is 7.84. The molecule has 0 aliphatic carbocycles. The summed E-state index contributed by atoms with van der Waals surface area (Å²) < 4.78 is 38.0. The Balaban J connectivity index is 2.82. The Labute approximate surface area is 112 Å². The summed E-state index contributed by atoms with van der Waals surface area (Å²) in [6.07, 6.45) is 2.10. The van der Waals surface area contributed by atoms with Gasteiger partial charge in [0.05, 0.1) is 11.3 Å². The number of carboxylic acid groups (broad SMARTS) is 1. The summed E-state index contributed by atoms with van der Waals surface area (Å²) in [5, 5.41) is 11.4. The van der Waals surface area contributed by atoms with E-state index < -0.39 is 34.0 Å². The maximum absolute atomic E-state index is 13.6. The van der Waals surface area contributed by atoms with E-state index in [-0.39, 0.29) is 11.7 Å². The molecule has 0 aromatic heterocycles. The zero-order valence-electron chi connectivity index (χ0n) is 10.6. The highest BCUT2D eigenvalue weighted by atomic mass is 32.2. The van der Waals surface area contributed by atoms with Gasteiger partial charge in [0, 0.05) is 28.9 Å². The van der Waals surface area contributed by atoms with Crippen molar-refractivity contribution >= 4 is 22.5 Å². The van der Waals surface area contributed by atoms with E-state index in [1.54, 1.807) is 13.2 Å². The highest BCUT2D eigenvalue weighted by Gasteiger charge is 2.18. The molecule has 0 fully saturated rings. The standard InChI is InChI=1S/C12H15F2NO3S/c1-7(5-6-19(2)18)15-9-4-3-8(12(16)17)10(13)11(9)14/h3-4,7,15H,5-6H2,1-2H3,(H,16,17). The summed E-state index contributed by atoms with van der Waals surface area (Å²) in [7, 11) is -0.949. The lowest BCUT2D eigenvalue weighted by atomic mass is 10.1. The van der Waals surface area contributed by atoms with Gasteiger partial charge in [-0.3, -0.25) is 4.21 Å². The van der Waals surface area contributed by atoms with Crippen molar-refractivity contribution in [1.29, 1.82) is 0 Å². The molecule has 0 aliphatic heterocycles. The van der Waals surface area contributed by atoms with Gasteiger partial charge in [0.2, 0.25) is 0 Å². The number of hydrogen-bond donors (Lipinski definition) is 2. The lowest BCUT2D eigenvalue weighted by Gasteiger charge is -2.15. The van der Waals surface area contributed by atoms with Gasteiger partial charge in [0.25, 0.3) is 0 Å². The minimum absolute atomic E-state index is 0.100. The zero-order chi connectivity index (χ0) is 14.6. The van der Waals surface area contributed by atoms with Gasteiger partial charge in [-0.25, -0.2) is 13.6 Å². The number of carboxylic acids is 1. The van der Waals surface area contributed by atoms with Crippen LogP contribution in [0.5, 0.6) is 0 Å². The van der Waals surface area contributed by atoms with Crippen LogP contribution in [-0.2, 0) is 10.8 Å². The van der Waals surface area contributed by atoms with Crippen molar-refractivity contribution in [3.05, 3.63) is 29.3 Å². The fraction of sp³-hybridized carbons (Fsp3) is 0.417. The molecule has 7 heteroatoms. The maximum atomic E-state index is 13.6. The second-order valence-corrected chi connectivity index (χ2v) is 5.76. The summed E-state index contributed by atoms with van der Waals surface area (Å²) >= 11 is 0. The number of benzene rings is 1. The molecule has 0 aliphatic rings. The van der Waals surface area contributed by atoms with E-state index in [2.05, 4.69) is 5.32 Å². The summed E-state index contributed by atoms with van der Waals surface area (Å²) in [5.74, 6) is -3.67. The number of aromatic carboxylic acids is 1. The van der Waals surface area contributed by atoms with Crippen molar-refractivity contribution in [2.75, 3.05) is 17.3 Å². The van der Waals surface area contributed by atoms with Gasteiger partial charge >= 0.3 is 5.97 Å². The molecule has 1 aromatic carbocycles. The third kappa shape index (κ3) is 4.27. The number of rotatable bonds is 6. The third-order valence-corrected chi connectivity index (χ3v) is 3.36. The Bertz CT molecular complexity index is 508. The van der Waals surface area contributed by atoms with E-state index in [1.165, 1.54) is 6.07 Å². The normalized spacial score (nSPS) is 13.9. The Morgan fingerprint density at radius 2 is 2.05 bits per heavy atom. The largest absolute Gasteiger partial charge is 0.478 e. The molecule has 2 unspecified atom stereocenters.